The van der Waals surface area contributed by atoms with Crippen LogP contribution in [0.15, 0.2) is 53.5 Å². The highest BCUT2D eigenvalue weighted by atomic mass is 16.6. The first-order valence-electron chi connectivity index (χ1n) is 16.4. The third-order valence-electron chi connectivity index (χ3n) is 8.05. The number of carbonyl (C=O) groups is 3. The molecule has 0 bridgehead atoms. The summed E-state index contributed by atoms with van der Waals surface area (Å²) in [5.74, 6) is -0.0750. The Morgan fingerprint density at radius 1 is 0.848 bits per heavy atom. The van der Waals surface area contributed by atoms with Crippen LogP contribution < -0.4 is 10.3 Å². The molecule has 46 heavy (non-hydrogen) atoms. The maximum atomic E-state index is 14.3. The zero-order valence-corrected chi connectivity index (χ0v) is 28.2. The van der Waals surface area contributed by atoms with Gasteiger partial charge in [0, 0.05) is 31.4 Å². The molecule has 252 valence electrons. The molecule has 1 aromatic carbocycles. The van der Waals surface area contributed by atoms with Crippen LogP contribution >= 0.6 is 0 Å². The van der Waals surface area contributed by atoms with E-state index >= 15 is 0 Å². The fourth-order valence-corrected chi connectivity index (χ4v) is 5.82. The van der Waals surface area contributed by atoms with Gasteiger partial charge in [-0.2, -0.15) is 4.90 Å². The molecule has 4 rings (SSSR count). The number of carbonyl (C=O) groups excluding carboxylic acids is 3. The van der Waals surface area contributed by atoms with E-state index in [1.54, 1.807) is 52.5 Å². The Labute approximate surface area is 272 Å². The zero-order valence-electron chi connectivity index (χ0n) is 28.2. The lowest BCUT2D eigenvalue weighted by atomic mass is 9.99. The highest BCUT2D eigenvalue weighted by Gasteiger charge is 2.43. The van der Waals surface area contributed by atoms with Crippen molar-refractivity contribution in [3.8, 4) is 5.75 Å². The van der Waals surface area contributed by atoms with Gasteiger partial charge in [-0.15, -0.1) is 0 Å². The molecule has 1 aromatic heterocycles. The molecule has 0 radical (unpaired) electrons. The lowest BCUT2D eigenvalue weighted by Crippen LogP contribution is -2.59. The van der Waals surface area contributed by atoms with Gasteiger partial charge in [-0.3, -0.25) is 9.59 Å². The van der Waals surface area contributed by atoms with E-state index in [1.807, 2.05) is 30.3 Å². The molecule has 0 aliphatic carbocycles. The van der Waals surface area contributed by atoms with Crippen LogP contribution in [0.2, 0.25) is 0 Å². The van der Waals surface area contributed by atoms with Crippen LogP contribution in [0.4, 0.5) is 9.59 Å². The standard InChI is InChI=1S/C35H50N4O7/c1-34(2,3)45-32(42)39(33(43)46-35(4,5)6)29(31(41)37-20-15-27(16-21-37)36-18-11-8-12-19-36)24-38-22-17-28(23-30(38)40)44-25-26-13-9-7-10-14-26/h7,9-10,13-14,17,22-23,27,29H,8,11-12,15-16,18-21,24-25H2,1-6H3. The van der Waals surface area contributed by atoms with Crippen molar-refractivity contribution >= 4 is 18.1 Å². The van der Waals surface area contributed by atoms with Crippen molar-refractivity contribution in [2.75, 3.05) is 26.2 Å². The Hall–Kier alpha value is -3.86. The summed E-state index contributed by atoms with van der Waals surface area (Å²) in [6.45, 7) is 13.2. The fourth-order valence-electron chi connectivity index (χ4n) is 5.82. The monoisotopic (exact) mass is 638 g/mol. The largest absolute Gasteiger partial charge is 0.489 e. The number of imide groups is 1. The van der Waals surface area contributed by atoms with Crippen LogP contribution in [0.25, 0.3) is 0 Å². The molecule has 3 amide bonds. The number of piperidine rings is 2. The molecule has 3 heterocycles. The Morgan fingerprint density at radius 2 is 1.43 bits per heavy atom. The molecular formula is C35H50N4O7. The first kappa shape index (κ1) is 35.0. The molecule has 2 aliphatic rings. The highest BCUT2D eigenvalue weighted by Crippen LogP contribution is 2.24. The molecule has 2 aromatic rings. The zero-order chi connectivity index (χ0) is 33.5. The van der Waals surface area contributed by atoms with E-state index in [0.29, 0.717) is 24.9 Å². The van der Waals surface area contributed by atoms with Gasteiger partial charge in [0.05, 0.1) is 6.54 Å². The molecule has 2 fully saturated rings. The summed E-state index contributed by atoms with van der Waals surface area (Å²) >= 11 is 0. The number of hydrogen-bond acceptors (Lipinski definition) is 8. The lowest BCUT2D eigenvalue weighted by Gasteiger charge is -2.42. The fraction of sp³-hybridized carbons (Fsp3) is 0.600. The second-order valence-electron chi connectivity index (χ2n) is 14.1. The van der Waals surface area contributed by atoms with Crippen LogP contribution in [0.1, 0.15) is 79.2 Å². The molecule has 11 heteroatoms. The molecule has 0 N–H and O–H groups in total. The van der Waals surface area contributed by atoms with E-state index < -0.39 is 40.9 Å². The van der Waals surface area contributed by atoms with Gasteiger partial charge in [-0.05, 0) is 91.9 Å². The normalized spacial score (nSPS) is 17.2. The van der Waals surface area contributed by atoms with Crippen LogP contribution in [0, 0.1) is 0 Å². The quantitative estimate of drug-likeness (QED) is 0.376. The van der Waals surface area contributed by atoms with Gasteiger partial charge in [0.15, 0.2) is 0 Å². The van der Waals surface area contributed by atoms with Crippen LogP contribution in [0.3, 0.4) is 0 Å². The van der Waals surface area contributed by atoms with Gasteiger partial charge >= 0.3 is 12.2 Å². The summed E-state index contributed by atoms with van der Waals surface area (Å²) in [5, 5.41) is 0. The number of rotatable bonds is 8. The van der Waals surface area contributed by atoms with E-state index in [-0.39, 0.29) is 13.2 Å². The first-order valence-corrected chi connectivity index (χ1v) is 16.4. The van der Waals surface area contributed by atoms with E-state index in [0.717, 1.165) is 36.4 Å². The first-order chi connectivity index (χ1) is 21.7. The Bertz CT molecular complexity index is 1350. The second kappa shape index (κ2) is 15.2. The van der Waals surface area contributed by atoms with Gasteiger partial charge in [-0.25, -0.2) is 9.59 Å². The number of hydrogen-bond donors (Lipinski definition) is 0. The predicted molar refractivity (Wildman–Crippen MR) is 175 cm³/mol. The average Bonchev–Trinajstić information content (AvgIpc) is 2.99. The van der Waals surface area contributed by atoms with Gasteiger partial charge in [0.1, 0.15) is 29.6 Å². The molecular weight excluding hydrogens is 588 g/mol. The highest BCUT2D eigenvalue weighted by molar-refractivity contribution is 5.95. The number of amides is 3. The van der Waals surface area contributed by atoms with Gasteiger partial charge in [-0.1, -0.05) is 36.8 Å². The summed E-state index contributed by atoms with van der Waals surface area (Å²) in [7, 11) is 0. The van der Waals surface area contributed by atoms with Gasteiger partial charge in [0.2, 0.25) is 5.91 Å². The van der Waals surface area contributed by atoms with Crippen LogP contribution in [0.5, 0.6) is 5.75 Å². The number of aromatic nitrogens is 1. The number of likely N-dealkylation sites (tertiary alicyclic amines) is 2. The molecule has 1 atom stereocenters. The van der Waals surface area contributed by atoms with Gasteiger partial charge in [0.25, 0.3) is 5.56 Å². The molecule has 2 aliphatic heterocycles. The van der Waals surface area contributed by atoms with E-state index in [2.05, 4.69) is 4.90 Å². The summed E-state index contributed by atoms with van der Waals surface area (Å²) in [5.41, 5.74) is -1.40. The van der Waals surface area contributed by atoms with Crippen molar-refractivity contribution < 1.29 is 28.6 Å². The molecule has 11 nitrogen and oxygen atoms in total. The summed E-state index contributed by atoms with van der Waals surface area (Å²) in [6, 6.07) is 11.5. The predicted octanol–water partition coefficient (Wildman–Crippen LogP) is 5.45. The Kier molecular flexibility index (Phi) is 11.5. The second-order valence-corrected chi connectivity index (χ2v) is 14.1. The average molecular weight is 639 g/mol. The molecule has 2 saturated heterocycles. The number of pyridine rings is 1. The minimum atomic E-state index is -1.38. The summed E-state index contributed by atoms with van der Waals surface area (Å²) in [6.07, 6.45) is 4.70. The maximum absolute atomic E-state index is 14.3. The third-order valence-corrected chi connectivity index (χ3v) is 8.05. The topological polar surface area (TPSA) is 111 Å². The Morgan fingerprint density at radius 3 is 1.98 bits per heavy atom. The van der Waals surface area contributed by atoms with E-state index in [9.17, 15) is 19.2 Å². The smallest absolute Gasteiger partial charge is 0.420 e. The van der Waals surface area contributed by atoms with Gasteiger partial charge < -0.3 is 28.6 Å². The minimum Gasteiger partial charge on any atom is -0.489 e. The minimum absolute atomic E-state index is 0.277. The number of ether oxygens (including phenoxy) is 3. The summed E-state index contributed by atoms with van der Waals surface area (Å²) in [4.78, 5) is 59.9. The maximum Gasteiger partial charge on any atom is 0.420 e. The van der Waals surface area contributed by atoms with Crippen molar-refractivity contribution in [2.45, 2.75) is 110 Å². The SMILES string of the molecule is CC(C)(C)OC(=O)N(C(=O)OC(C)(C)C)C(Cn1ccc(OCc2ccccc2)cc1=O)C(=O)N1CCC(N2CCCCC2)CC1. The lowest BCUT2D eigenvalue weighted by molar-refractivity contribution is -0.139. The number of nitrogens with zero attached hydrogens (tertiary/aromatic N) is 4. The van der Waals surface area contributed by atoms with Crippen molar-refractivity contribution in [1.82, 2.24) is 19.3 Å². The van der Waals surface area contributed by atoms with Crippen molar-refractivity contribution in [3.63, 3.8) is 0 Å². The molecule has 0 spiro atoms. The van der Waals surface area contributed by atoms with Crippen molar-refractivity contribution in [1.29, 1.82) is 0 Å². The number of benzene rings is 1. The Balaban J connectivity index is 1.61. The van der Waals surface area contributed by atoms with Crippen molar-refractivity contribution in [2.24, 2.45) is 0 Å². The van der Waals surface area contributed by atoms with Crippen molar-refractivity contribution in [3.05, 3.63) is 64.6 Å². The third kappa shape index (κ3) is 10.1. The van der Waals surface area contributed by atoms with Crippen LogP contribution in [-0.4, -0.2) is 86.8 Å². The molecule has 0 saturated carbocycles. The van der Waals surface area contributed by atoms with E-state index in [1.165, 1.54) is 36.1 Å². The van der Waals surface area contributed by atoms with Crippen LogP contribution in [-0.2, 0) is 27.4 Å². The molecule has 1 unspecified atom stereocenters. The summed E-state index contributed by atoms with van der Waals surface area (Å²) < 4.78 is 18.3. The van der Waals surface area contributed by atoms with E-state index in [4.69, 9.17) is 14.2 Å².